The maximum atomic E-state index is 12.0. The lowest BCUT2D eigenvalue weighted by Crippen LogP contribution is -2.27. The van der Waals surface area contributed by atoms with E-state index >= 15 is 0 Å². The van der Waals surface area contributed by atoms with Crippen LogP contribution in [-0.2, 0) is 16.0 Å². The highest BCUT2D eigenvalue weighted by Gasteiger charge is 2.15. The summed E-state index contributed by atoms with van der Waals surface area (Å²) in [7, 11) is 0. The third-order valence-corrected chi connectivity index (χ3v) is 4.54. The van der Waals surface area contributed by atoms with E-state index in [1.165, 1.54) is 11.3 Å². The molecule has 124 valence electrons. The lowest BCUT2D eigenvalue weighted by molar-refractivity contribution is -0.117. The third kappa shape index (κ3) is 3.99. The first-order valence-electron chi connectivity index (χ1n) is 7.66. The van der Waals surface area contributed by atoms with Crippen molar-refractivity contribution in [3.05, 3.63) is 46.2 Å². The van der Waals surface area contributed by atoms with Gasteiger partial charge in [0.25, 0.3) is 5.91 Å². The Bertz CT molecular complexity index is 771. The fourth-order valence-corrected chi connectivity index (χ4v) is 3.11. The van der Waals surface area contributed by atoms with Gasteiger partial charge < -0.3 is 16.0 Å². The van der Waals surface area contributed by atoms with E-state index in [1.54, 1.807) is 18.2 Å². The van der Waals surface area contributed by atoms with Crippen LogP contribution in [0.5, 0.6) is 0 Å². The molecular formula is C17H17N3O3S. The fourth-order valence-electron chi connectivity index (χ4n) is 2.47. The predicted molar refractivity (Wildman–Crippen MR) is 93.3 cm³/mol. The highest BCUT2D eigenvalue weighted by Crippen LogP contribution is 2.25. The molecule has 1 aliphatic rings. The van der Waals surface area contributed by atoms with Crippen molar-refractivity contribution in [3.63, 3.8) is 0 Å². The van der Waals surface area contributed by atoms with Crippen molar-refractivity contribution in [2.45, 2.75) is 19.3 Å². The standard InChI is InChI=1S/C17H17N3O3S/c21-15-6-3-11-10-12(4-5-13(11)20-15)19-16(22)7-8-18-17(23)14-2-1-9-24-14/h1-2,4-5,9-10H,3,6-8H2,(H,18,23)(H,19,22)(H,20,21). The molecule has 1 aromatic heterocycles. The van der Waals surface area contributed by atoms with Gasteiger partial charge in [-0.25, -0.2) is 0 Å². The number of hydrogen-bond acceptors (Lipinski definition) is 4. The van der Waals surface area contributed by atoms with Crippen LogP contribution in [0.4, 0.5) is 11.4 Å². The lowest BCUT2D eigenvalue weighted by atomic mass is 10.0. The topological polar surface area (TPSA) is 87.3 Å². The Kier molecular flexibility index (Phi) is 4.90. The van der Waals surface area contributed by atoms with Gasteiger partial charge in [-0.15, -0.1) is 11.3 Å². The van der Waals surface area contributed by atoms with Gasteiger partial charge in [-0.05, 0) is 41.6 Å². The molecule has 1 aromatic carbocycles. The van der Waals surface area contributed by atoms with E-state index in [0.29, 0.717) is 23.4 Å². The second-order valence-corrected chi connectivity index (χ2v) is 6.40. The van der Waals surface area contributed by atoms with Gasteiger partial charge in [-0.2, -0.15) is 0 Å². The molecule has 0 bridgehead atoms. The van der Waals surface area contributed by atoms with E-state index < -0.39 is 0 Å². The van der Waals surface area contributed by atoms with E-state index in [4.69, 9.17) is 0 Å². The van der Waals surface area contributed by atoms with Gasteiger partial charge in [0.15, 0.2) is 0 Å². The Hall–Kier alpha value is -2.67. The van der Waals surface area contributed by atoms with Crippen LogP contribution in [0.25, 0.3) is 0 Å². The average Bonchev–Trinajstić information content (AvgIpc) is 3.09. The molecule has 0 saturated heterocycles. The zero-order chi connectivity index (χ0) is 16.9. The maximum Gasteiger partial charge on any atom is 0.261 e. The summed E-state index contributed by atoms with van der Waals surface area (Å²) in [5.74, 6) is -0.315. The molecule has 2 aromatic rings. The molecule has 0 fully saturated rings. The molecule has 2 heterocycles. The van der Waals surface area contributed by atoms with E-state index in [1.807, 2.05) is 17.5 Å². The molecule has 24 heavy (non-hydrogen) atoms. The van der Waals surface area contributed by atoms with Crippen molar-refractivity contribution < 1.29 is 14.4 Å². The normalized spacial score (nSPS) is 12.9. The lowest BCUT2D eigenvalue weighted by Gasteiger charge is -2.17. The minimum Gasteiger partial charge on any atom is -0.351 e. The Balaban J connectivity index is 1.48. The molecule has 0 saturated carbocycles. The summed E-state index contributed by atoms with van der Waals surface area (Å²) in [5, 5.41) is 10.2. The number of carbonyl (C=O) groups is 3. The van der Waals surface area contributed by atoms with Crippen molar-refractivity contribution in [1.29, 1.82) is 0 Å². The molecule has 0 unspecified atom stereocenters. The van der Waals surface area contributed by atoms with Gasteiger partial charge in [-0.3, -0.25) is 14.4 Å². The second-order valence-electron chi connectivity index (χ2n) is 5.45. The first-order valence-corrected chi connectivity index (χ1v) is 8.54. The molecule has 7 heteroatoms. The van der Waals surface area contributed by atoms with Crippen LogP contribution in [0, 0.1) is 0 Å². The van der Waals surface area contributed by atoms with Gasteiger partial charge in [0.05, 0.1) is 4.88 Å². The minimum atomic E-state index is -0.165. The summed E-state index contributed by atoms with van der Waals surface area (Å²) >= 11 is 1.36. The Morgan fingerprint density at radius 3 is 2.88 bits per heavy atom. The number of nitrogens with one attached hydrogen (secondary N) is 3. The van der Waals surface area contributed by atoms with Gasteiger partial charge in [0.1, 0.15) is 0 Å². The number of amides is 3. The Morgan fingerprint density at radius 2 is 2.08 bits per heavy atom. The minimum absolute atomic E-state index is 0.0146. The molecule has 1 aliphatic heterocycles. The SMILES string of the molecule is O=C(CCNC(=O)c1cccs1)Nc1ccc2c(c1)CCC(=O)N2. The summed E-state index contributed by atoms with van der Waals surface area (Å²) < 4.78 is 0. The Labute approximate surface area is 143 Å². The number of benzene rings is 1. The first kappa shape index (κ1) is 16.2. The van der Waals surface area contributed by atoms with Gasteiger partial charge in [0, 0.05) is 30.8 Å². The zero-order valence-corrected chi connectivity index (χ0v) is 13.7. The third-order valence-electron chi connectivity index (χ3n) is 3.67. The van der Waals surface area contributed by atoms with Gasteiger partial charge in [-0.1, -0.05) is 6.07 Å². The molecule has 3 N–H and O–H groups in total. The number of rotatable bonds is 5. The van der Waals surface area contributed by atoms with Crippen molar-refractivity contribution in [2.24, 2.45) is 0 Å². The number of anilines is 2. The highest BCUT2D eigenvalue weighted by molar-refractivity contribution is 7.12. The van der Waals surface area contributed by atoms with Crippen molar-refractivity contribution in [2.75, 3.05) is 17.2 Å². The first-order chi connectivity index (χ1) is 11.6. The fraction of sp³-hybridized carbons (Fsp3) is 0.235. The summed E-state index contributed by atoms with van der Waals surface area (Å²) in [6, 6.07) is 8.97. The summed E-state index contributed by atoms with van der Waals surface area (Å²) in [6.45, 7) is 0.281. The summed E-state index contributed by atoms with van der Waals surface area (Å²) in [5.41, 5.74) is 2.50. The molecule has 0 aliphatic carbocycles. The number of fused-ring (bicyclic) bond motifs is 1. The summed E-state index contributed by atoms with van der Waals surface area (Å²) in [4.78, 5) is 35.7. The maximum absolute atomic E-state index is 12.0. The molecular weight excluding hydrogens is 326 g/mol. The molecule has 3 amide bonds. The van der Waals surface area contributed by atoms with E-state index in [-0.39, 0.29) is 30.7 Å². The van der Waals surface area contributed by atoms with Crippen LogP contribution in [0.2, 0.25) is 0 Å². The second kappa shape index (κ2) is 7.27. The van der Waals surface area contributed by atoms with Crippen LogP contribution in [-0.4, -0.2) is 24.3 Å². The van der Waals surface area contributed by atoms with Crippen molar-refractivity contribution in [3.8, 4) is 0 Å². The highest BCUT2D eigenvalue weighted by atomic mass is 32.1. The van der Waals surface area contributed by atoms with Gasteiger partial charge in [0.2, 0.25) is 11.8 Å². The van der Waals surface area contributed by atoms with E-state index in [2.05, 4.69) is 16.0 Å². The van der Waals surface area contributed by atoms with Crippen LogP contribution in [0.1, 0.15) is 28.1 Å². The summed E-state index contributed by atoms with van der Waals surface area (Å²) in [6.07, 6.45) is 1.33. The smallest absolute Gasteiger partial charge is 0.261 e. The predicted octanol–water partition coefficient (Wildman–Crippen LogP) is 2.39. The van der Waals surface area contributed by atoms with Crippen LogP contribution in [0.3, 0.4) is 0 Å². The molecule has 6 nitrogen and oxygen atoms in total. The number of hydrogen-bond donors (Lipinski definition) is 3. The number of aryl methyl sites for hydroxylation is 1. The van der Waals surface area contributed by atoms with Crippen LogP contribution < -0.4 is 16.0 Å². The number of carbonyl (C=O) groups excluding carboxylic acids is 3. The van der Waals surface area contributed by atoms with Crippen LogP contribution >= 0.6 is 11.3 Å². The molecule has 0 atom stereocenters. The van der Waals surface area contributed by atoms with Crippen LogP contribution in [0.15, 0.2) is 35.7 Å². The molecule has 0 radical (unpaired) electrons. The van der Waals surface area contributed by atoms with E-state index in [9.17, 15) is 14.4 Å². The van der Waals surface area contributed by atoms with E-state index in [0.717, 1.165) is 11.3 Å². The quantitative estimate of drug-likeness (QED) is 0.779. The van der Waals surface area contributed by atoms with Crippen molar-refractivity contribution in [1.82, 2.24) is 5.32 Å². The zero-order valence-electron chi connectivity index (χ0n) is 12.9. The van der Waals surface area contributed by atoms with Gasteiger partial charge >= 0.3 is 0 Å². The largest absolute Gasteiger partial charge is 0.351 e. The average molecular weight is 343 g/mol. The van der Waals surface area contributed by atoms with Crippen molar-refractivity contribution >= 4 is 40.4 Å². The molecule has 0 spiro atoms. The Morgan fingerprint density at radius 1 is 1.21 bits per heavy atom. The molecule has 3 rings (SSSR count). The monoisotopic (exact) mass is 343 g/mol. The number of thiophene rings is 1.